The van der Waals surface area contributed by atoms with Crippen LogP contribution in [-0.4, -0.2) is 43.8 Å². The molecule has 10 heteroatoms. The number of thiazole rings is 1. The van der Waals surface area contributed by atoms with Crippen LogP contribution in [0.25, 0.3) is 0 Å². The van der Waals surface area contributed by atoms with E-state index in [1.54, 1.807) is 18.4 Å². The van der Waals surface area contributed by atoms with Gasteiger partial charge in [-0.1, -0.05) is 18.2 Å². The molecule has 1 aromatic heterocycles. The lowest BCUT2D eigenvalue weighted by molar-refractivity contribution is -0.385. The second-order valence-electron chi connectivity index (χ2n) is 7.63. The van der Waals surface area contributed by atoms with Crippen molar-refractivity contribution >= 4 is 32.0 Å². The Bertz CT molecular complexity index is 1200. The molecule has 32 heavy (non-hydrogen) atoms. The van der Waals surface area contributed by atoms with Gasteiger partial charge in [0, 0.05) is 37.0 Å². The van der Waals surface area contributed by atoms with E-state index >= 15 is 0 Å². The highest BCUT2D eigenvalue weighted by molar-refractivity contribution is 7.92. The van der Waals surface area contributed by atoms with Crippen LogP contribution in [0.4, 0.5) is 10.8 Å². The van der Waals surface area contributed by atoms with Crippen molar-refractivity contribution in [2.45, 2.75) is 29.4 Å². The first-order chi connectivity index (χ1) is 15.4. The van der Waals surface area contributed by atoms with E-state index < -0.39 is 20.0 Å². The Morgan fingerprint density at radius 3 is 2.56 bits per heavy atom. The van der Waals surface area contributed by atoms with Gasteiger partial charge in [0.2, 0.25) is 0 Å². The molecule has 4 rings (SSSR count). The first-order valence-corrected chi connectivity index (χ1v) is 12.6. The smallest absolute Gasteiger partial charge is 0.270 e. The monoisotopic (exact) mass is 473 g/mol. The summed E-state index contributed by atoms with van der Waals surface area (Å²) < 4.78 is 31.2. The fraction of sp³-hybridized carbons (Fsp3) is 0.318. The molecule has 1 aliphatic rings. The molecule has 1 aliphatic heterocycles. The lowest BCUT2D eigenvalue weighted by atomic mass is 10.1. The number of anilines is 1. The van der Waals surface area contributed by atoms with Gasteiger partial charge in [0.1, 0.15) is 5.75 Å². The second kappa shape index (κ2) is 9.25. The third-order valence-corrected chi connectivity index (χ3v) is 8.80. The van der Waals surface area contributed by atoms with Crippen LogP contribution in [0.3, 0.4) is 0 Å². The Balaban J connectivity index is 1.39. The van der Waals surface area contributed by atoms with Crippen LogP contribution >= 0.6 is 11.3 Å². The first-order valence-electron chi connectivity index (χ1n) is 10.2. The Labute approximate surface area is 190 Å². The van der Waals surface area contributed by atoms with Gasteiger partial charge in [-0.3, -0.25) is 10.1 Å². The Hall–Kier alpha value is -2.98. The lowest BCUT2D eigenvalue weighted by Gasteiger charge is -2.31. The third-order valence-electron chi connectivity index (χ3n) is 5.59. The van der Waals surface area contributed by atoms with Crippen molar-refractivity contribution in [2.75, 3.05) is 25.1 Å². The molecule has 0 saturated carbocycles. The number of nitro groups is 1. The third kappa shape index (κ3) is 4.76. The van der Waals surface area contributed by atoms with Crippen LogP contribution in [0.2, 0.25) is 0 Å². The zero-order valence-electron chi connectivity index (χ0n) is 17.5. The number of rotatable bonds is 7. The molecule has 0 spiro atoms. The van der Waals surface area contributed by atoms with Crippen LogP contribution in [0.15, 0.2) is 58.8 Å². The van der Waals surface area contributed by atoms with Crippen LogP contribution in [0.1, 0.15) is 24.1 Å². The molecule has 0 atom stereocenters. The number of benzene rings is 2. The zero-order valence-corrected chi connectivity index (χ0v) is 19.1. The quantitative estimate of drug-likeness (QED) is 0.376. The summed E-state index contributed by atoms with van der Waals surface area (Å²) in [6, 6.07) is 13.2. The SMILES string of the molecule is COc1ccc(Cc2csc(N3CCC(S(=O)(=O)c4cccc([N+](=O)[O-])c4)CC3)n2)cc1. The number of non-ortho nitro benzene ring substituents is 1. The van der Waals surface area contributed by atoms with Gasteiger partial charge in [-0.15, -0.1) is 11.3 Å². The van der Waals surface area contributed by atoms with Gasteiger partial charge < -0.3 is 9.64 Å². The zero-order chi connectivity index (χ0) is 22.7. The summed E-state index contributed by atoms with van der Waals surface area (Å²) >= 11 is 1.56. The van der Waals surface area contributed by atoms with Gasteiger partial charge in [-0.25, -0.2) is 13.4 Å². The van der Waals surface area contributed by atoms with Gasteiger partial charge in [-0.05, 0) is 36.6 Å². The number of nitrogens with zero attached hydrogens (tertiary/aromatic N) is 3. The molecule has 168 valence electrons. The van der Waals surface area contributed by atoms with E-state index in [2.05, 4.69) is 4.90 Å². The van der Waals surface area contributed by atoms with E-state index in [9.17, 15) is 18.5 Å². The minimum atomic E-state index is -3.62. The molecular weight excluding hydrogens is 450 g/mol. The molecule has 1 saturated heterocycles. The van der Waals surface area contributed by atoms with Crippen molar-refractivity contribution in [1.29, 1.82) is 0 Å². The highest BCUT2D eigenvalue weighted by atomic mass is 32.2. The maximum absolute atomic E-state index is 13.0. The first kappa shape index (κ1) is 22.2. The summed E-state index contributed by atoms with van der Waals surface area (Å²) in [5, 5.41) is 13.4. The number of hydrogen-bond acceptors (Lipinski definition) is 8. The van der Waals surface area contributed by atoms with Gasteiger partial charge in [0.05, 0.1) is 27.9 Å². The molecule has 0 aliphatic carbocycles. The summed E-state index contributed by atoms with van der Waals surface area (Å²) in [7, 11) is -1.98. The number of nitro benzene ring substituents is 1. The number of aromatic nitrogens is 1. The molecular formula is C22H23N3O5S2. The van der Waals surface area contributed by atoms with E-state index in [0.717, 1.165) is 34.6 Å². The number of ether oxygens (including phenoxy) is 1. The van der Waals surface area contributed by atoms with Crippen molar-refractivity contribution in [3.63, 3.8) is 0 Å². The Morgan fingerprint density at radius 2 is 1.91 bits per heavy atom. The van der Waals surface area contributed by atoms with Gasteiger partial charge in [0.25, 0.3) is 5.69 Å². The van der Waals surface area contributed by atoms with E-state index in [1.807, 2.05) is 29.6 Å². The van der Waals surface area contributed by atoms with E-state index in [-0.39, 0.29) is 10.6 Å². The molecule has 0 N–H and O–H groups in total. The topological polar surface area (TPSA) is 103 Å². The Kier molecular flexibility index (Phi) is 6.43. The fourth-order valence-corrected chi connectivity index (χ4v) is 6.45. The predicted molar refractivity (Wildman–Crippen MR) is 123 cm³/mol. The molecule has 2 heterocycles. The maximum atomic E-state index is 13.0. The van der Waals surface area contributed by atoms with Gasteiger partial charge in [0.15, 0.2) is 15.0 Å². The summed E-state index contributed by atoms with van der Waals surface area (Å²) in [6.07, 6.45) is 1.63. The van der Waals surface area contributed by atoms with E-state index in [0.29, 0.717) is 25.9 Å². The molecule has 0 bridgehead atoms. The highest BCUT2D eigenvalue weighted by Crippen LogP contribution is 2.30. The maximum Gasteiger partial charge on any atom is 0.270 e. The average Bonchev–Trinajstić information content (AvgIpc) is 3.28. The summed E-state index contributed by atoms with van der Waals surface area (Å²) in [4.78, 5) is 17.3. The standard InChI is InChI=1S/C22H23N3O5S2/c1-30-19-7-5-16(6-8-19)13-17-15-31-22(23-17)24-11-9-20(10-12-24)32(28,29)21-4-2-3-18(14-21)25(26)27/h2-8,14-15,20H,9-13H2,1H3. The van der Waals surface area contributed by atoms with Crippen LogP contribution in [0, 0.1) is 10.1 Å². The molecule has 1 fully saturated rings. The predicted octanol–water partition coefficient (Wildman–Crippen LogP) is 4.09. The fourth-order valence-electron chi connectivity index (χ4n) is 3.80. The minimum Gasteiger partial charge on any atom is -0.497 e. The number of methoxy groups -OCH3 is 1. The van der Waals surface area contributed by atoms with Gasteiger partial charge in [-0.2, -0.15) is 0 Å². The van der Waals surface area contributed by atoms with Crippen molar-refractivity contribution in [1.82, 2.24) is 4.98 Å². The number of sulfone groups is 1. The normalized spacial score (nSPS) is 15.0. The highest BCUT2D eigenvalue weighted by Gasteiger charge is 2.32. The molecule has 0 amide bonds. The van der Waals surface area contributed by atoms with Crippen molar-refractivity contribution in [2.24, 2.45) is 0 Å². The second-order valence-corrected chi connectivity index (χ2v) is 10.7. The lowest BCUT2D eigenvalue weighted by Crippen LogP contribution is -2.39. The summed E-state index contributed by atoms with van der Waals surface area (Å²) in [5.41, 5.74) is 1.90. The number of piperidine rings is 1. The summed E-state index contributed by atoms with van der Waals surface area (Å²) in [5.74, 6) is 0.815. The van der Waals surface area contributed by atoms with Crippen molar-refractivity contribution < 1.29 is 18.1 Å². The average molecular weight is 474 g/mol. The largest absolute Gasteiger partial charge is 0.497 e. The van der Waals surface area contributed by atoms with E-state index in [4.69, 9.17) is 9.72 Å². The van der Waals surface area contributed by atoms with Crippen LogP contribution < -0.4 is 9.64 Å². The van der Waals surface area contributed by atoms with E-state index in [1.165, 1.54) is 18.2 Å². The van der Waals surface area contributed by atoms with Crippen molar-refractivity contribution in [3.05, 3.63) is 75.3 Å². The minimum absolute atomic E-state index is 0.0150. The molecule has 0 radical (unpaired) electrons. The van der Waals surface area contributed by atoms with Crippen LogP contribution in [-0.2, 0) is 16.3 Å². The summed E-state index contributed by atoms with van der Waals surface area (Å²) in [6.45, 7) is 1.16. The Morgan fingerprint density at radius 1 is 1.19 bits per heavy atom. The molecule has 3 aromatic rings. The molecule has 8 nitrogen and oxygen atoms in total. The van der Waals surface area contributed by atoms with Gasteiger partial charge >= 0.3 is 0 Å². The van der Waals surface area contributed by atoms with Crippen molar-refractivity contribution in [3.8, 4) is 5.75 Å². The molecule has 2 aromatic carbocycles. The molecule has 0 unspecified atom stereocenters. The van der Waals surface area contributed by atoms with Crippen LogP contribution in [0.5, 0.6) is 5.75 Å². The number of hydrogen-bond donors (Lipinski definition) is 0.